The Morgan fingerprint density at radius 2 is 1.65 bits per heavy atom. The van der Waals surface area contributed by atoms with Crippen LogP contribution in [0.5, 0.6) is 0 Å². The Bertz CT molecular complexity index is 590. The van der Waals surface area contributed by atoms with Crippen molar-refractivity contribution < 1.29 is 14.4 Å². The number of hydrogen-bond acceptors (Lipinski definition) is 4. The van der Waals surface area contributed by atoms with E-state index in [1.807, 2.05) is 24.3 Å². The average molecular weight is 315 g/mol. The SMILES string of the molecule is NCc1ccc(NC(=O)CCCCCN2C(=O)C=CC2=O)cc1. The maximum absolute atomic E-state index is 11.8. The van der Waals surface area contributed by atoms with Gasteiger partial charge in [-0.1, -0.05) is 18.6 Å². The second-order valence-electron chi connectivity index (χ2n) is 5.42. The predicted molar refractivity (Wildman–Crippen MR) is 87.3 cm³/mol. The molecule has 1 aromatic rings. The van der Waals surface area contributed by atoms with Crippen molar-refractivity contribution >= 4 is 23.4 Å². The monoisotopic (exact) mass is 315 g/mol. The highest BCUT2D eigenvalue weighted by Crippen LogP contribution is 2.11. The number of imide groups is 1. The Morgan fingerprint density at radius 1 is 1.00 bits per heavy atom. The highest BCUT2D eigenvalue weighted by Gasteiger charge is 2.22. The molecule has 0 aliphatic carbocycles. The van der Waals surface area contributed by atoms with Gasteiger partial charge in [-0.15, -0.1) is 0 Å². The van der Waals surface area contributed by atoms with Crippen LogP contribution < -0.4 is 11.1 Å². The number of nitrogens with zero attached hydrogens (tertiary/aromatic N) is 1. The molecule has 0 atom stereocenters. The fraction of sp³-hybridized carbons (Fsp3) is 0.353. The predicted octanol–water partition coefficient (Wildman–Crippen LogP) is 1.57. The van der Waals surface area contributed by atoms with E-state index in [1.165, 1.54) is 17.1 Å². The van der Waals surface area contributed by atoms with Crippen molar-refractivity contribution in [3.8, 4) is 0 Å². The van der Waals surface area contributed by atoms with Crippen LogP contribution >= 0.6 is 0 Å². The molecule has 3 N–H and O–H groups in total. The quantitative estimate of drug-likeness (QED) is 0.562. The van der Waals surface area contributed by atoms with Gasteiger partial charge in [-0.2, -0.15) is 0 Å². The van der Waals surface area contributed by atoms with E-state index in [0.29, 0.717) is 25.9 Å². The van der Waals surface area contributed by atoms with Crippen LogP contribution in [0.1, 0.15) is 31.2 Å². The molecule has 0 saturated heterocycles. The molecule has 1 aliphatic heterocycles. The standard InChI is InChI=1S/C17H21N3O3/c18-12-13-5-7-14(8-6-13)19-15(21)4-2-1-3-11-20-16(22)9-10-17(20)23/h5-10H,1-4,11-12,18H2,(H,19,21). The van der Waals surface area contributed by atoms with E-state index < -0.39 is 0 Å². The number of nitrogens with two attached hydrogens (primary N) is 1. The van der Waals surface area contributed by atoms with Crippen LogP contribution in [-0.2, 0) is 20.9 Å². The van der Waals surface area contributed by atoms with Crippen LogP contribution in [0.3, 0.4) is 0 Å². The lowest BCUT2D eigenvalue weighted by Gasteiger charge is -2.13. The first-order chi connectivity index (χ1) is 11.1. The molecule has 2 rings (SSSR count). The van der Waals surface area contributed by atoms with E-state index >= 15 is 0 Å². The van der Waals surface area contributed by atoms with Gasteiger partial charge in [-0.3, -0.25) is 19.3 Å². The van der Waals surface area contributed by atoms with Crippen LogP contribution in [-0.4, -0.2) is 29.2 Å². The lowest BCUT2D eigenvalue weighted by Crippen LogP contribution is -2.30. The molecule has 1 aliphatic rings. The minimum absolute atomic E-state index is 0.0412. The number of amides is 3. The van der Waals surface area contributed by atoms with Crippen LogP contribution in [0.25, 0.3) is 0 Å². The zero-order valence-corrected chi connectivity index (χ0v) is 13.0. The Kier molecular flexibility index (Phi) is 6.05. The van der Waals surface area contributed by atoms with E-state index in [1.54, 1.807) is 0 Å². The summed E-state index contributed by atoms with van der Waals surface area (Å²) < 4.78 is 0. The maximum atomic E-state index is 11.8. The number of anilines is 1. The summed E-state index contributed by atoms with van der Waals surface area (Å²) in [6.45, 7) is 0.888. The van der Waals surface area contributed by atoms with Crippen molar-refractivity contribution in [3.63, 3.8) is 0 Å². The molecule has 6 nitrogen and oxygen atoms in total. The average Bonchev–Trinajstić information content (AvgIpc) is 2.87. The van der Waals surface area contributed by atoms with Crippen LogP contribution in [0.2, 0.25) is 0 Å². The van der Waals surface area contributed by atoms with Crippen molar-refractivity contribution in [2.45, 2.75) is 32.2 Å². The van der Waals surface area contributed by atoms with Crippen molar-refractivity contribution in [1.29, 1.82) is 0 Å². The Balaban J connectivity index is 1.61. The third-order valence-corrected chi connectivity index (χ3v) is 3.66. The molecule has 6 heteroatoms. The number of carbonyl (C=O) groups is 3. The van der Waals surface area contributed by atoms with Crippen LogP contribution in [0.15, 0.2) is 36.4 Å². The molecule has 0 bridgehead atoms. The van der Waals surface area contributed by atoms with Crippen molar-refractivity contribution in [2.24, 2.45) is 5.73 Å². The zero-order valence-electron chi connectivity index (χ0n) is 13.0. The topological polar surface area (TPSA) is 92.5 Å². The van der Waals surface area contributed by atoms with Crippen LogP contribution in [0.4, 0.5) is 5.69 Å². The molecule has 0 spiro atoms. The largest absolute Gasteiger partial charge is 0.326 e. The van der Waals surface area contributed by atoms with E-state index in [9.17, 15) is 14.4 Å². The molecule has 0 unspecified atom stereocenters. The third-order valence-electron chi connectivity index (χ3n) is 3.66. The summed E-state index contributed by atoms with van der Waals surface area (Å²) in [4.78, 5) is 35.8. The summed E-state index contributed by atoms with van der Waals surface area (Å²) in [5, 5.41) is 2.83. The molecule has 0 aromatic heterocycles. The van der Waals surface area contributed by atoms with Gasteiger partial charge in [0, 0.05) is 37.3 Å². The first-order valence-electron chi connectivity index (χ1n) is 7.72. The number of unbranched alkanes of at least 4 members (excludes halogenated alkanes) is 2. The van der Waals surface area contributed by atoms with E-state index in [0.717, 1.165) is 24.1 Å². The third kappa shape index (κ3) is 5.03. The minimum atomic E-state index is -0.256. The van der Waals surface area contributed by atoms with Crippen molar-refractivity contribution in [3.05, 3.63) is 42.0 Å². The van der Waals surface area contributed by atoms with Gasteiger partial charge in [0.15, 0.2) is 0 Å². The fourth-order valence-electron chi connectivity index (χ4n) is 2.33. The molecular weight excluding hydrogens is 294 g/mol. The van der Waals surface area contributed by atoms with Gasteiger partial charge in [-0.25, -0.2) is 0 Å². The first kappa shape index (κ1) is 16.9. The molecule has 3 amide bonds. The van der Waals surface area contributed by atoms with Gasteiger partial charge in [0.05, 0.1) is 0 Å². The number of nitrogens with one attached hydrogen (secondary N) is 1. The molecular formula is C17H21N3O3. The lowest BCUT2D eigenvalue weighted by molar-refractivity contribution is -0.136. The molecule has 23 heavy (non-hydrogen) atoms. The van der Waals surface area contributed by atoms with Crippen molar-refractivity contribution in [1.82, 2.24) is 4.90 Å². The van der Waals surface area contributed by atoms with E-state index in [-0.39, 0.29) is 17.7 Å². The highest BCUT2D eigenvalue weighted by atomic mass is 16.2. The lowest BCUT2D eigenvalue weighted by atomic mass is 10.1. The number of benzene rings is 1. The van der Waals surface area contributed by atoms with Gasteiger partial charge >= 0.3 is 0 Å². The van der Waals surface area contributed by atoms with Crippen molar-refractivity contribution in [2.75, 3.05) is 11.9 Å². The first-order valence-corrected chi connectivity index (χ1v) is 7.72. The zero-order chi connectivity index (χ0) is 16.7. The summed E-state index contributed by atoms with van der Waals surface area (Å²) in [7, 11) is 0. The van der Waals surface area contributed by atoms with Gasteiger partial charge in [0.25, 0.3) is 11.8 Å². The van der Waals surface area contributed by atoms with Gasteiger partial charge in [0.1, 0.15) is 0 Å². The Morgan fingerprint density at radius 3 is 2.26 bits per heavy atom. The molecule has 122 valence electrons. The number of rotatable bonds is 8. The smallest absolute Gasteiger partial charge is 0.253 e. The Hall–Kier alpha value is -2.47. The molecule has 0 saturated carbocycles. The summed E-state index contributed by atoms with van der Waals surface area (Å²) in [6, 6.07) is 7.43. The molecule has 0 radical (unpaired) electrons. The Labute approximate surface area is 135 Å². The molecule has 1 heterocycles. The summed E-state index contributed by atoms with van der Waals surface area (Å²) in [6.07, 6.45) is 5.20. The minimum Gasteiger partial charge on any atom is -0.326 e. The van der Waals surface area contributed by atoms with Gasteiger partial charge in [-0.05, 0) is 30.5 Å². The van der Waals surface area contributed by atoms with Crippen LogP contribution in [0, 0.1) is 0 Å². The molecule has 1 aromatic carbocycles. The summed E-state index contributed by atoms with van der Waals surface area (Å²) >= 11 is 0. The second kappa shape index (κ2) is 8.24. The normalized spacial score (nSPS) is 13.7. The van der Waals surface area contributed by atoms with E-state index in [2.05, 4.69) is 5.32 Å². The maximum Gasteiger partial charge on any atom is 0.253 e. The summed E-state index contributed by atoms with van der Waals surface area (Å²) in [5.74, 6) is -0.553. The fourth-order valence-corrected chi connectivity index (χ4v) is 2.33. The van der Waals surface area contributed by atoms with Gasteiger partial charge < -0.3 is 11.1 Å². The summed E-state index contributed by atoms with van der Waals surface area (Å²) in [5.41, 5.74) is 7.29. The van der Waals surface area contributed by atoms with Gasteiger partial charge in [0.2, 0.25) is 5.91 Å². The highest BCUT2D eigenvalue weighted by molar-refractivity contribution is 6.12. The number of hydrogen-bond donors (Lipinski definition) is 2. The molecule has 0 fully saturated rings. The second-order valence-corrected chi connectivity index (χ2v) is 5.42. The van der Waals surface area contributed by atoms with E-state index in [4.69, 9.17) is 5.73 Å². The number of carbonyl (C=O) groups excluding carboxylic acids is 3.